The van der Waals surface area contributed by atoms with Crippen molar-refractivity contribution in [3.63, 3.8) is 0 Å². The molecule has 2 heterocycles. The van der Waals surface area contributed by atoms with E-state index in [2.05, 4.69) is 32.8 Å². The van der Waals surface area contributed by atoms with Gasteiger partial charge < -0.3 is 14.7 Å². The maximum Gasteiger partial charge on any atom is 0.422 e. The van der Waals surface area contributed by atoms with Gasteiger partial charge in [-0.2, -0.15) is 22.7 Å². The third-order valence-electron chi connectivity index (χ3n) is 3.42. The lowest BCUT2D eigenvalue weighted by atomic mass is 10.4. The van der Waals surface area contributed by atoms with Gasteiger partial charge in [0.1, 0.15) is 0 Å². The van der Waals surface area contributed by atoms with Gasteiger partial charge in [-0.15, -0.1) is 0 Å². The van der Waals surface area contributed by atoms with Crippen LogP contribution in [-0.4, -0.2) is 77.6 Å². The molecular formula is C14H18N6O6S. The van der Waals surface area contributed by atoms with Crippen molar-refractivity contribution in [3.05, 3.63) is 24.8 Å². The number of piperazine rings is 1. The van der Waals surface area contributed by atoms with E-state index in [4.69, 9.17) is 5.11 Å². The number of aliphatic carboxylic acids is 1. The Labute approximate surface area is 155 Å². The van der Waals surface area contributed by atoms with Gasteiger partial charge in [-0.25, -0.2) is 19.3 Å². The number of rotatable bonds is 7. The summed E-state index contributed by atoms with van der Waals surface area (Å²) >= 11 is 0. The van der Waals surface area contributed by atoms with E-state index in [0.29, 0.717) is 17.6 Å². The van der Waals surface area contributed by atoms with Crippen molar-refractivity contribution in [1.29, 1.82) is 0 Å². The first-order valence-corrected chi connectivity index (χ1v) is 9.11. The van der Waals surface area contributed by atoms with Crippen LogP contribution < -0.4 is 9.62 Å². The minimum absolute atomic E-state index is 0.0556. The number of anilines is 1. The molecule has 1 amide bonds. The van der Waals surface area contributed by atoms with Crippen molar-refractivity contribution in [2.24, 2.45) is 0 Å². The second kappa shape index (κ2) is 8.55. The number of aromatic nitrogens is 3. The lowest BCUT2D eigenvalue weighted by molar-refractivity contribution is -0.140. The lowest BCUT2D eigenvalue weighted by Gasteiger charge is -2.33. The van der Waals surface area contributed by atoms with Gasteiger partial charge in [-0.1, -0.05) is 13.2 Å². The highest BCUT2D eigenvalue weighted by Gasteiger charge is 2.30. The number of carbonyl (C=O) groups excluding carboxylic acids is 1. The fourth-order valence-corrected chi connectivity index (χ4v) is 3.22. The van der Waals surface area contributed by atoms with E-state index >= 15 is 0 Å². The monoisotopic (exact) mass is 398 g/mol. The fourth-order valence-electron chi connectivity index (χ4n) is 2.18. The van der Waals surface area contributed by atoms with Gasteiger partial charge in [0.25, 0.3) is 0 Å². The summed E-state index contributed by atoms with van der Waals surface area (Å²) in [6.45, 7) is 6.92. The molecule has 1 aliphatic heterocycles. The highest BCUT2D eigenvalue weighted by Crippen LogP contribution is 2.14. The van der Waals surface area contributed by atoms with Crippen LogP contribution in [0.5, 0.6) is 0 Å². The topological polar surface area (TPSA) is 155 Å². The maximum absolute atomic E-state index is 12.2. The van der Waals surface area contributed by atoms with Crippen LogP contribution in [0.15, 0.2) is 13.2 Å². The molecule has 1 aromatic rings. The molecule has 0 aliphatic carbocycles. The van der Waals surface area contributed by atoms with Crippen LogP contribution in [0.2, 0.25) is 0 Å². The first-order chi connectivity index (χ1) is 12.7. The van der Waals surface area contributed by atoms with Crippen molar-refractivity contribution in [2.45, 2.75) is 0 Å². The van der Waals surface area contributed by atoms with Crippen LogP contribution in [-0.2, 0) is 19.7 Å². The van der Waals surface area contributed by atoms with E-state index < -0.39 is 28.9 Å². The average molecular weight is 398 g/mol. The average Bonchev–Trinajstić information content (AvgIpc) is 2.65. The Kier molecular flexibility index (Phi) is 6.41. The van der Waals surface area contributed by atoms with E-state index in [1.165, 1.54) is 12.2 Å². The SMILES string of the molecule is C=Cc1nc(C=C)nc(N2CCN(S(=O)(=O)NC(=O)OCC(=O)O)CC2)n1. The summed E-state index contributed by atoms with van der Waals surface area (Å²) in [6.07, 6.45) is 1.57. The summed E-state index contributed by atoms with van der Waals surface area (Å²) in [5.74, 6) is -0.299. The summed E-state index contributed by atoms with van der Waals surface area (Å²) in [5, 5.41) is 8.42. The van der Waals surface area contributed by atoms with Gasteiger partial charge in [-0.3, -0.25) is 0 Å². The molecule has 0 spiro atoms. The van der Waals surface area contributed by atoms with Crippen LogP contribution >= 0.6 is 0 Å². The summed E-state index contributed by atoms with van der Waals surface area (Å²) in [6, 6.07) is 0. The molecule has 13 heteroatoms. The minimum atomic E-state index is -4.16. The molecule has 1 fully saturated rings. The minimum Gasteiger partial charge on any atom is -0.479 e. The van der Waals surface area contributed by atoms with Gasteiger partial charge >= 0.3 is 22.3 Å². The number of carboxylic acids is 1. The molecule has 146 valence electrons. The molecule has 0 unspecified atom stereocenters. The number of nitrogens with one attached hydrogen (secondary N) is 1. The van der Waals surface area contributed by atoms with Crippen LogP contribution in [0, 0.1) is 0 Å². The van der Waals surface area contributed by atoms with Crippen molar-refractivity contribution >= 4 is 40.4 Å². The molecule has 2 rings (SSSR count). The zero-order chi connectivity index (χ0) is 20.0. The molecule has 0 atom stereocenters. The molecule has 0 aromatic carbocycles. The Morgan fingerprint density at radius 1 is 1.11 bits per heavy atom. The molecule has 0 radical (unpaired) electrons. The summed E-state index contributed by atoms with van der Waals surface area (Å²) in [4.78, 5) is 36.0. The van der Waals surface area contributed by atoms with Crippen molar-refractivity contribution in [1.82, 2.24) is 24.0 Å². The van der Waals surface area contributed by atoms with Gasteiger partial charge in [0, 0.05) is 26.2 Å². The molecule has 0 bridgehead atoms. The number of hydrogen-bond donors (Lipinski definition) is 2. The van der Waals surface area contributed by atoms with E-state index in [-0.39, 0.29) is 26.2 Å². The lowest BCUT2D eigenvalue weighted by Crippen LogP contribution is -2.53. The largest absolute Gasteiger partial charge is 0.479 e. The van der Waals surface area contributed by atoms with Crippen LogP contribution in [0.25, 0.3) is 12.2 Å². The van der Waals surface area contributed by atoms with Crippen molar-refractivity contribution in [3.8, 4) is 0 Å². The molecular weight excluding hydrogens is 380 g/mol. The maximum atomic E-state index is 12.2. The number of carbonyl (C=O) groups is 2. The number of amides is 1. The first kappa shape index (κ1) is 20.3. The third-order valence-corrected chi connectivity index (χ3v) is 4.89. The van der Waals surface area contributed by atoms with Crippen LogP contribution in [0.3, 0.4) is 0 Å². The molecule has 0 saturated carbocycles. The van der Waals surface area contributed by atoms with E-state index in [1.807, 2.05) is 0 Å². The molecule has 1 aromatic heterocycles. The summed E-state index contributed by atoms with van der Waals surface area (Å²) < 4.78 is 31.3. The summed E-state index contributed by atoms with van der Waals surface area (Å²) in [7, 11) is -4.16. The second-order valence-electron chi connectivity index (χ2n) is 5.22. The Hall–Kier alpha value is -3.06. The molecule has 12 nitrogen and oxygen atoms in total. The van der Waals surface area contributed by atoms with Crippen molar-refractivity contribution in [2.75, 3.05) is 37.7 Å². The fraction of sp³-hybridized carbons (Fsp3) is 0.357. The van der Waals surface area contributed by atoms with Crippen molar-refractivity contribution < 1.29 is 27.9 Å². The highest BCUT2D eigenvalue weighted by atomic mass is 32.2. The standard InChI is InChI=1S/C14H18N6O6S/c1-3-10-15-11(4-2)17-13(16-10)19-5-7-20(8-6-19)27(24,25)18-14(23)26-9-12(21)22/h3-4H,1-2,5-9H2,(H,18,23)(H,21,22). The van der Waals surface area contributed by atoms with Gasteiger partial charge in [0.05, 0.1) is 0 Å². The Morgan fingerprint density at radius 2 is 1.67 bits per heavy atom. The Bertz CT molecular complexity index is 823. The Balaban J connectivity index is 2.00. The predicted molar refractivity (Wildman–Crippen MR) is 94.8 cm³/mol. The number of hydrogen-bond acceptors (Lipinski definition) is 9. The highest BCUT2D eigenvalue weighted by molar-refractivity contribution is 7.87. The van der Waals surface area contributed by atoms with E-state index in [1.54, 1.807) is 9.62 Å². The zero-order valence-corrected chi connectivity index (χ0v) is 15.1. The molecule has 1 saturated heterocycles. The van der Waals surface area contributed by atoms with E-state index in [9.17, 15) is 18.0 Å². The summed E-state index contributed by atoms with van der Waals surface area (Å²) in [5.41, 5.74) is 0. The van der Waals surface area contributed by atoms with Gasteiger partial charge in [-0.05, 0) is 12.2 Å². The molecule has 27 heavy (non-hydrogen) atoms. The van der Waals surface area contributed by atoms with Gasteiger partial charge in [0.15, 0.2) is 18.3 Å². The number of ether oxygens (including phenoxy) is 1. The van der Waals surface area contributed by atoms with E-state index in [0.717, 1.165) is 4.31 Å². The Morgan fingerprint density at radius 3 is 2.15 bits per heavy atom. The quantitative estimate of drug-likeness (QED) is 0.604. The smallest absolute Gasteiger partial charge is 0.422 e. The number of nitrogens with zero attached hydrogens (tertiary/aromatic N) is 5. The first-order valence-electron chi connectivity index (χ1n) is 7.67. The predicted octanol–water partition coefficient (Wildman–Crippen LogP) is -0.665. The third kappa shape index (κ3) is 5.46. The molecule has 1 aliphatic rings. The number of carboxylic acid groups (broad SMARTS) is 1. The van der Waals surface area contributed by atoms with Gasteiger partial charge in [0.2, 0.25) is 5.95 Å². The molecule has 2 N–H and O–H groups in total. The van der Waals surface area contributed by atoms with Crippen LogP contribution in [0.4, 0.5) is 10.7 Å². The normalized spacial score (nSPS) is 15.0. The van der Waals surface area contributed by atoms with Crippen LogP contribution in [0.1, 0.15) is 11.6 Å². The zero-order valence-electron chi connectivity index (χ0n) is 14.2. The second-order valence-corrected chi connectivity index (χ2v) is 6.89.